The van der Waals surface area contributed by atoms with Crippen molar-refractivity contribution in [2.24, 2.45) is 0 Å². The molecule has 1 aliphatic heterocycles. The van der Waals surface area contributed by atoms with Crippen molar-refractivity contribution < 1.29 is 14.3 Å². The van der Waals surface area contributed by atoms with Crippen LogP contribution in [0.15, 0.2) is 0 Å². The van der Waals surface area contributed by atoms with Gasteiger partial charge in [-0.2, -0.15) is 0 Å². The van der Waals surface area contributed by atoms with Gasteiger partial charge in [-0.3, -0.25) is 0 Å². The van der Waals surface area contributed by atoms with E-state index in [1.807, 2.05) is 0 Å². The first kappa shape index (κ1) is 16.5. The van der Waals surface area contributed by atoms with E-state index in [2.05, 4.69) is 39.2 Å². The molecule has 2 N–H and O–H groups in total. The Balaban J connectivity index is 2.21. The van der Waals surface area contributed by atoms with Crippen LogP contribution in [0.4, 0.5) is 4.79 Å². The highest BCUT2D eigenvalue weighted by atomic mass is 28.4. The second-order valence-electron chi connectivity index (χ2n) is 6.78. The first-order valence-corrected chi connectivity index (χ1v) is 9.89. The Morgan fingerprint density at radius 1 is 1.47 bits per heavy atom. The van der Waals surface area contributed by atoms with Crippen molar-refractivity contribution in [1.82, 2.24) is 10.2 Å². The summed E-state index contributed by atoms with van der Waals surface area (Å²) < 4.78 is 6.07. The molecule has 0 aliphatic carbocycles. The Bertz CT molecular complexity index is 316. The number of likely N-dealkylation sites (tertiary alicyclic amines) is 1. The molecule has 0 unspecified atom stereocenters. The van der Waals surface area contributed by atoms with Crippen LogP contribution in [0.3, 0.4) is 0 Å². The summed E-state index contributed by atoms with van der Waals surface area (Å²) in [6.45, 7) is 13.9. The third kappa shape index (κ3) is 4.78. The molecule has 0 aromatic rings. The molecule has 1 saturated heterocycles. The fourth-order valence-corrected chi connectivity index (χ4v) is 2.93. The van der Waals surface area contributed by atoms with Gasteiger partial charge in [-0.05, 0) is 24.6 Å². The Labute approximate surface area is 117 Å². The molecule has 0 aromatic heterocycles. The number of nitrogens with one attached hydrogen (secondary N) is 1. The first-order chi connectivity index (χ1) is 8.63. The van der Waals surface area contributed by atoms with Crippen LogP contribution in [0.25, 0.3) is 0 Å². The van der Waals surface area contributed by atoms with Crippen molar-refractivity contribution in [3.05, 3.63) is 0 Å². The number of rotatable bonds is 5. The lowest BCUT2D eigenvalue weighted by Gasteiger charge is -2.36. The average Bonchev–Trinajstić information content (AvgIpc) is 2.71. The Hall–Kier alpha value is -0.593. The summed E-state index contributed by atoms with van der Waals surface area (Å²) in [5, 5.41) is 12.5. The molecule has 6 heteroatoms. The highest BCUT2D eigenvalue weighted by molar-refractivity contribution is 6.74. The van der Waals surface area contributed by atoms with Gasteiger partial charge in [-0.25, -0.2) is 4.79 Å². The van der Waals surface area contributed by atoms with Gasteiger partial charge in [0.15, 0.2) is 8.32 Å². The van der Waals surface area contributed by atoms with Gasteiger partial charge in [0, 0.05) is 32.3 Å². The standard InChI is InChI=1S/C13H28N2O3Si/c1-13(2,3)19(4,5)18-9-7-14-11-6-8-15(10-11)12(16)17/h11,14H,6-10H2,1-5H3,(H,16,17)/t11-/m0/s1. The van der Waals surface area contributed by atoms with Gasteiger partial charge < -0.3 is 19.7 Å². The molecule has 1 aliphatic rings. The topological polar surface area (TPSA) is 61.8 Å². The van der Waals surface area contributed by atoms with Crippen molar-refractivity contribution in [1.29, 1.82) is 0 Å². The second-order valence-corrected chi connectivity index (χ2v) is 11.6. The largest absolute Gasteiger partial charge is 0.465 e. The predicted molar refractivity (Wildman–Crippen MR) is 79.2 cm³/mol. The minimum absolute atomic E-state index is 0.237. The van der Waals surface area contributed by atoms with E-state index in [0.29, 0.717) is 19.7 Å². The van der Waals surface area contributed by atoms with Crippen molar-refractivity contribution >= 4 is 14.4 Å². The molecule has 0 spiro atoms. The Morgan fingerprint density at radius 3 is 2.58 bits per heavy atom. The molecular weight excluding hydrogens is 260 g/mol. The highest BCUT2D eigenvalue weighted by Crippen LogP contribution is 2.36. The molecular formula is C13H28N2O3Si. The number of carbonyl (C=O) groups is 1. The molecule has 0 radical (unpaired) electrons. The van der Waals surface area contributed by atoms with Gasteiger partial charge in [0.05, 0.1) is 0 Å². The van der Waals surface area contributed by atoms with E-state index in [4.69, 9.17) is 9.53 Å². The summed E-state index contributed by atoms with van der Waals surface area (Å²) in [5.74, 6) is 0. The van der Waals surface area contributed by atoms with Crippen molar-refractivity contribution in [2.75, 3.05) is 26.2 Å². The Kier molecular flexibility index (Phi) is 5.40. The van der Waals surface area contributed by atoms with Gasteiger partial charge in [-0.1, -0.05) is 20.8 Å². The third-order valence-electron chi connectivity index (χ3n) is 4.26. The summed E-state index contributed by atoms with van der Waals surface area (Å²) in [6.07, 6.45) is 0.0775. The molecule has 0 saturated carbocycles. The monoisotopic (exact) mass is 288 g/mol. The van der Waals surface area contributed by atoms with Gasteiger partial charge >= 0.3 is 6.09 Å². The van der Waals surface area contributed by atoms with Gasteiger partial charge in [0.2, 0.25) is 0 Å². The molecule has 112 valence electrons. The van der Waals surface area contributed by atoms with E-state index in [1.54, 1.807) is 0 Å². The molecule has 19 heavy (non-hydrogen) atoms. The second kappa shape index (κ2) is 6.24. The number of hydrogen-bond acceptors (Lipinski definition) is 3. The van der Waals surface area contributed by atoms with E-state index in [9.17, 15) is 4.79 Å². The fourth-order valence-electron chi connectivity index (χ4n) is 1.89. The van der Waals surface area contributed by atoms with Crippen LogP contribution < -0.4 is 5.32 Å². The summed E-state index contributed by atoms with van der Waals surface area (Å²) in [4.78, 5) is 12.3. The molecule has 0 bridgehead atoms. The number of nitrogens with zero attached hydrogens (tertiary/aromatic N) is 1. The number of carboxylic acid groups (broad SMARTS) is 1. The molecule has 1 heterocycles. The Morgan fingerprint density at radius 2 is 2.11 bits per heavy atom. The van der Waals surface area contributed by atoms with E-state index < -0.39 is 14.4 Å². The van der Waals surface area contributed by atoms with Crippen molar-refractivity contribution in [3.8, 4) is 0 Å². The predicted octanol–water partition coefficient (Wildman–Crippen LogP) is 2.35. The zero-order valence-corrected chi connectivity index (χ0v) is 13.8. The highest BCUT2D eigenvalue weighted by Gasteiger charge is 2.36. The first-order valence-electron chi connectivity index (χ1n) is 6.99. The quantitative estimate of drug-likeness (QED) is 0.602. The third-order valence-corrected chi connectivity index (χ3v) is 8.80. The van der Waals surface area contributed by atoms with Crippen LogP contribution in [0.5, 0.6) is 0 Å². The maximum atomic E-state index is 10.8. The van der Waals surface area contributed by atoms with E-state index in [0.717, 1.165) is 13.0 Å². The van der Waals surface area contributed by atoms with Crippen LogP contribution in [-0.4, -0.2) is 56.7 Å². The van der Waals surface area contributed by atoms with Crippen molar-refractivity contribution in [3.63, 3.8) is 0 Å². The van der Waals surface area contributed by atoms with Gasteiger partial charge in [0.25, 0.3) is 0 Å². The van der Waals surface area contributed by atoms with Crippen LogP contribution >= 0.6 is 0 Å². The summed E-state index contributed by atoms with van der Waals surface area (Å²) in [7, 11) is -1.66. The molecule has 0 aromatic carbocycles. The summed E-state index contributed by atoms with van der Waals surface area (Å²) in [6, 6.07) is 0.277. The van der Waals surface area contributed by atoms with Gasteiger partial charge in [-0.15, -0.1) is 0 Å². The molecule has 1 atom stereocenters. The zero-order chi connectivity index (χ0) is 14.7. The number of amides is 1. The fraction of sp³-hybridized carbons (Fsp3) is 0.923. The zero-order valence-electron chi connectivity index (χ0n) is 12.8. The molecule has 1 rings (SSSR count). The summed E-state index contributed by atoms with van der Waals surface area (Å²) >= 11 is 0. The van der Waals surface area contributed by atoms with Crippen LogP contribution in [-0.2, 0) is 4.43 Å². The maximum absolute atomic E-state index is 10.8. The van der Waals surface area contributed by atoms with Crippen molar-refractivity contribution in [2.45, 2.75) is 51.4 Å². The maximum Gasteiger partial charge on any atom is 0.407 e. The molecule has 1 amide bonds. The number of hydrogen-bond donors (Lipinski definition) is 2. The lowest BCUT2D eigenvalue weighted by molar-refractivity contribution is 0.154. The van der Waals surface area contributed by atoms with Crippen LogP contribution in [0.1, 0.15) is 27.2 Å². The lowest BCUT2D eigenvalue weighted by atomic mass is 10.2. The van der Waals surface area contributed by atoms with Crippen LogP contribution in [0, 0.1) is 0 Å². The average molecular weight is 288 g/mol. The van der Waals surface area contributed by atoms with Gasteiger partial charge in [0.1, 0.15) is 0 Å². The SMILES string of the molecule is CC(C)(C)[Si](C)(C)OCCN[C@H]1CCN(C(=O)O)C1. The summed E-state index contributed by atoms with van der Waals surface area (Å²) in [5.41, 5.74) is 0. The molecule has 5 nitrogen and oxygen atoms in total. The minimum atomic E-state index is -1.66. The minimum Gasteiger partial charge on any atom is -0.465 e. The molecule has 1 fully saturated rings. The lowest BCUT2D eigenvalue weighted by Crippen LogP contribution is -2.43. The van der Waals surface area contributed by atoms with E-state index in [-0.39, 0.29) is 11.1 Å². The normalized spacial score (nSPS) is 20.9. The van der Waals surface area contributed by atoms with E-state index >= 15 is 0 Å². The van der Waals surface area contributed by atoms with E-state index in [1.165, 1.54) is 4.90 Å². The smallest absolute Gasteiger partial charge is 0.407 e. The van der Waals surface area contributed by atoms with Crippen LogP contribution in [0.2, 0.25) is 18.1 Å².